The second-order valence-electron chi connectivity index (χ2n) is 6.67. The summed E-state index contributed by atoms with van der Waals surface area (Å²) in [5, 5.41) is 14.1. The Bertz CT molecular complexity index is 1320. The summed E-state index contributed by atoms with van der Waals surface area (Å²) >= 11 is 6.16. The first kappa shape index (κ1) is 22.2. The predicted octanol–water partition coefficient (Wildman–Crippen LogP) is 2.43. The number of rotatable bonds is 5. The van der Waals surface area contributed by atoms with E-state index in [9.17, 15) is 18.0 Å². The molecule has 1 N–H and O–H groups in total. The first-order valence-corrected chi connectivity index (χ1v) is 9.62. The molecule has 1 amide bonds. The fraction of sp³-hybridized carbons (Fsp3) is 0.158. The van der Waals surface area contributed by atoms with Crippen molar-refractivity contribution in [2.24, 2.45) is 0 Å². The van der Waals surface area contributed by atoms with Gasteiger partial charge in [-0.2, -0.15) is 28.5 Å². The quantitative estimate of drug-likeness (QED) is 0.441. The Morgan fingerprint density at radius 3 is 2.55 bits per heavy atom. The second-order valence-corrected chi connectivity index (χ2v) is 7.08. The SMILES string of the molecule is CO[n+]1ccc(-n2ncc(C(=O)Nc3cnc(-n4nccn4)c(Cl)c3)c2C(F)(F)F)c(C)c1. The van der Waals surface area contributed by atoms with Gasteiger partial charge in [-0.25, -0.2) is 9.67 Å². The lowest BCUT2D eigenvalue weighted by Crippen LogP contribution is -2.40. The van der Waals surface area contributed by atoms with Gasteiger partial charge in [0.25, 0.3) is 5.91 Å². The summed E-state index contributed by atoms with van der Waals surface area (Å²) in [4.78, 5) is 23.0. The predicted molar refractivity (Wildman–Crippen MR) is 108 cm³/mol. The summed E-state index contributed by atoms with van der Waals surface area (Å²) in [5.74, 6) is -0.840. The lowest BCUT2D eigenvalue weighted by Gasteiger charge is -2.13. The van der Waals surface area contributed by atoms with Crippen molar-refractivity contribution in [2.45, 2.75) is 13.1 Å². The van der Waals surface area contributed by atoms with E-state index in [2.05, 4.69) is 25.6 Å². The summed E-state index contributed by atoms with van der Waals surface area (Å²) in [6, 6.07) is 2.72. The van der Waals surface area contributed by atoms with E-state index in [1.165, 1.54) is 55.0 Å². The Morgan fingerprint density at radius 1 is 1.21 bits per heavy atom. The van der Waals surface area contributed by atoms with Crippen molar-refractivity contribution in [2.75, 3.05) is 12.4 Å². The van der Waals surface area contributed by atoms with Gasteiger partial charge < -0.3 is 5.32 Å². The van der Waals surface area contributed by atoms with Crippen LogP contribution >= 0.6 is 11.6 Å². The molecular weight excluding hydrogens is 465 g/mol. The van der Waals surface area contributed by atoms with Crippen molar-refractivity contribution in [3.8, 4) is 11.5 Å². The van der Waals surface area contributed by atoms with Crippen LogP contribution in [-0.4, -0.2) is 42.8 Å². The Balaban J connectivity index is 1.68. The highest BCUT2D eigenvalue weighted by atomic mass is 35.5. The highest BCUT2D eigenvalue weighted by Crippen LogP contribution is 2.34. The molecule has 0 aliphatic carbocycles. The van der Waals surface area contributed by atoms with Crippen molar-refractivity contribution in [3.63, 3.8) is 0 Å². The summed E-state index contributed by atoms with van der Waals surface area (Å²) in [7, 11) is 1.41. The lowest BCUT2D eigenvalue weighted by atomic mass is 10.2. The molecule has 0 fully saturated rings. The number of hydrogen-bond donors (Lipinski definition) is 1. The number of carbonyl (C=O) groups is 1. The van der Waals surface area contributed by atoms with E-state index in [0.29, 0.717) is 10.2 Å². The number of nitrogens with zero attached hydrogens (tertiary/aromatic N) is 7. The van der Waals surface area contributed by atoms with E-state index >= 15 is 0 Å². The molecule has 33 heavy (non-hydrogen) atoms. The Morgan fingerprint density at radius 2 is 1.94 bits per heavy atom. The zero-order valence-corrected chi connectivity index (χ0v) is 17.8. The van der Waals surface area contributed by atoms with Gasteiger partial charge in [-0.1, -0.05) is 11.6 Å². The largest absolute Gasteiger partial charge is 0.434 e. The number of hydrogen-bond acceptors (Lipinski definition) is 6. The van der Waals surface area contributed by atoms with Crippen molar-refractivity contribution in [1.82, 2.24) is 29.8 Å². The fourth-order valence-electron chi connectivity index (χ4n) is 3.07. The summed E-state index contributed by atoms with van der Waals surface area (Å²) in [6.07, 6.45) is 2.97. The molecule has 4 aromatic heterocycles. The number of anilines is 1. The molecule has 0 aliphatic rings. The highest BCUT2D eigenvalue weighted by molar-refractivity contribution is 6.32. The standard InChI is InChI=1S/C19H14ClF3N8O2/c1-11-10-29(33-2)6-3-15(11)30-16(19(21,22)23)13(9-27-30)18(32)28-12-7-14(20)17(24-8-12)31-25-4-5-26-31/h3-10H,1-2H3/p+1. The van der Waals surface area contributed by atoms with Gasteiger partial charge in [-0.05, 0) is 13.0 Å². The zero-order chi connectivity index (χ0) is 23.8. The number of carbonyl (C=O) groups excluding carboxylic acids is 1. The molecule has 0 spiro atoms. The Kier molecular flexibility index (Phi) is 5.72. The van der Waals surface area contributed by atoms with Gasteiger partial charge in [0.15, 0.2) is 11.5 Å². The lowest BCUT2D eigenvalue weighted by molar-refractivity contribution is -0.885. The van der Waals surface area contributed by atoms with Crippen LogP contribution in [0, 0.1) is 6.92 Å². The van der Waals surface area contributed by atoms with Crippen LogP contribution in [0.2, 0.25) is 5.02 Å². The van der Waals surface area contributed by atoms with Crippen LogP contribution in [0.3, 0.4) is 0 Å². The van der Waals surface area contributed by atoms with Crippen molar-refractivity contribution < 1.29 is 27.5 Å². The molecule has 0 unspecified atom stereocenters. The van der Waals surface area contributed by atoms with Crippen LogP contribution in [0.15, 0.2) is 49.3 Å². The van der Waals surface area contributed by atoms with E-state index in [4.69, 9.17) is 16.4 Å². The van der Waals surface area contributed by atoms with Gasteiger partial charge in [-0.15, -0.1) is 4.80 Å². The van der Waals surface area contributed by atoms with Crippen LogP contribution < -0.4 is 14.9 Å². The van der Waals surface area contributed by atoms with E-state index in [1.807, 2.05) is 0 Å². The second kappa shape index (κ2) is 8.50. The molecule has 4 rings (SSSR count). The van der Waals surface area contributed by atoms with Crippen molar-refractivity contribution >= 4 is 23.2 Å². The fourth-order valence-corrected chi connectivity index (χ4v) is 3.31. The van der Waals surface area contributed by atoms with Crippen LogP contribution in [0.25, 0.3) is 11.5 Å². The molecule has 0 aromatic carbocycles. The highest BCUT2D eigenvalue weighted by Gasteiger charge is 2.41. The van der Waals surface area contributed by atoms with E-state index in [0.717, 1.165) is 11.0 Å². The monoisotopic (exact) mass is 479 g/mol. The molecule has 4 aromatic rings. The normalized spacial score (nSPS) is 11.5. The third-order valence-electron chi connectivity index (χ3n) is 4.51. The molecule has 4 heterocycles. The summed E-state index contributed by atoms with van der Waals surface area (Å²) in [5.41, 5.74) is -1.23. The number of nitrogens with one attached hydrogen (secondary N) is 1. The Labute approximate surface area is 189 Å². The molecule has 0 bridgehead atoms. The molecule has 0 aliphatic heterocycles. The Hall–Kier alpha value is -4.00. The van der Waals surface area contributed by atoms with Gasteiger partial charge in [0.2, 0.25) is 12.4 Å². The first-order valence-electron chi connectivity index (χ1n) is 9.24. The minimum absolute atomic E-state index is 0.0822. The maximum Gasteiger partial charge on any atom is 0.434 e. The van der Waals surface area contributed by atoms with Gasteiger partial charge in [0.1, 0.15) is 7.11 Å². The van der Waals surface area contributed by atoms with Crippen molar-refractivity contribution in [3.05, 3.63) is 71.2 Å². The molecule has 0 saturated carbocycles. The maximum atomic E-state index is 14.0. The summed E-state index contributed by atoms with van der Waals surface area (Å²) < 4.78 is 43.9. The van der Waals surface area contributed by atoms with E-state index < -0.39 is 23.3 Å². The smallest absolute Gasteiger partial charge is 0.320 e. The van der Waals surface area contributed by atoms with Crippen LogP contribution in [-0.2, 0) is 6.18 Å². The van der Waals surface area contributed by atoms with Crippen molar-refractivity contribution in [1.29, 1.82) is 0 Å². The molecule has 0 saturated heterocycles. The summed E-state index contributed by atoms with van der Waals surface area (Å²) in [6.45, 7) is 1.59. The first-order chi connectivity index (χ1) is 15.7. The molecule has 10 nitrogen and oxygen atoms in total. The average molecular weight is 480 g/mol. The van der Waals surface area contributed by atoms with Crippen LogP contribution in [0.4, 0.5) is 18.9 Å². The molecule has 170 valence electrons. The van der Waals surface area contributed by atoms with E-state index in [-0.39, 0.29) is 22.2 Å². The topological polar surface area (TPSA) is 104 Å². The maximum absolute atomic E-state index is 14.0. The third-order valence-corrected chi connectivity index (χ3v) is 4.79. The minimum Gasteiger partial charge on any atom is -0.320 e. The third kappa shape index (κ3) is 4.35. The van der Waals surface area contributed by atoms with E-state index in [1.54, 1.807) is 6.92 Å². The molecule has 0 radical (unpaired) electrons. The molecular formula is C19H15ClF3N8O2+. The van der Waals surface area contributed by atoms with Gasteiger partial charge in [0.05, 0.1) is 46.7 Å². The molecule has 14 heteroatoms. The number of aryl methyl sites for hydroxylation is 1. The van der Waals surface area contributed by atoms with Gasteiger partial charge >= 0.3 is 6.18 Å². The van der Waals surface area contributed by atoms with Gasteiger partial charge in [-0.3, -0.25) is 9.63 Å². The number of aromatic nitrogens is 7. The van der Waals surface area contributed by atoms with Gasteiger partial charge in [0, 0.05) is 16.4 Å². The average Bonchev–Trinajstić information content (AvgIpc) is 3.43. The van der Waals surface area contributed by atoms with Crippen LogP contribution in [0.5, 0.6) is 0 Å². The number of alkyl halides is 3. The minimum atomic E-state index is -4.87. The number of pyridine rings is 2. The number of amides is 1. The number of halogens is 4. The zero-order valence-electron chi connectivity index (χ0n) is 17.1. The van der Waals surface area contributed by atoms with Crippen LogP contribution in [0.1, 0.15) is 21.6 Å². The molecule has 0 atom stereocenters.